The maximum Gasteiger partial charge on any atom is 0.283 e. The van der Waals surface area contributed by atoms with Crippen LogP contribution in [0.25, 0.3) is 0 Å². The maximum absolute atomic E-state index is 12.1. The summed E-state index contributed by atoms with van der Waals surface area (Å²) in [6.07, 6.45) is 2.72. The minimum Gasteiger partial charge on any atom is -0.380 e. The topological polar surface area (TPSA) is 81.1 Å². The lowest BCUT2D eigenvalue weighted by Gasteiger charge is -2.24. The Morgan fingerprint density at radius 3 is 2.55 bits per heavy atom. The summed E-state index contributed by atoms with van der Waals surface area (Å²) in [5.74, 6) is 0.386. The molecular weight excluding hydrogens is 346 g/mol. The second-order valence-corrected chi connectivity index (χ2v) is 8.38. The third-order valence-electron chi connectivity index (χ3n) is 3.35. The van der Waals surface area contributed by atoms with Crippen LogP contribution in [0.15, 0.2) is 15.5 Å². The highest BCUT2D eigenvalue weighted by Crippen LogP contribution is 2.22. The molecule has 0 atom stereocenters. The van der Waals surface area contributed by atoms with E-state index in [9.17, 15) is 13.2 Å². The molecular formula is C12H18BrN3O3S. The average Bonchev–Trinajstić information content (AvgIpc) is 2.37. The molecule has 2 heterocycles. The third kappa shape index (κ3) is 3.41. The van der Waals surface area contributed by atoms with Crippen LogP contribution in [-0.4, -0.2) is 35.7 Å². The number of nitrogens with one attached hydrogen (secondary N) is 1. The molecule has 6 nitrogen and oxygen atoms in total. The lowest BCUT2D eigenvalue weighted by atomic mass is 10.1. The largest absolute Gasteiger partial charge is 0.380 e. The number of halogens is 1. The Labute approximate surface area is 126 Å². The van der Waals surface area contributed by atoms with E-state index in [1.54, 1.807) is 6.20 Å². The molecule has 0 bridgehead atoms. The molecule has 1 saturated heterocycles. The molecule has 0 aliphatic carbocycles. The first kappa shape index (κ1) is 15.5. The van der Waals surface area contributed by atoms with Crippen molar-refractivity contribution in [3.8, 4) is 0 Å². The van der Waals surface area contributed by atoms with Crippen molar-refractivity contribution >= 4 is 31.5 Å². The molecule has 8 heteroatoms. The zero-order valence-electron chi connectivity index (χ0n) is 11.5. The normalized spacial score (nSPS) is 19.2. The van der Waals surface area contributed by atoms with E-state index in [1.165, 1.54) is 4.68 Å². The summed E-state index contributed by atoms with van der Waals surface area (Å²) >= 11 is 3.29. The molecule has 20 heavy (non-hydrogen) atoms. The highest BCUT2D eigenvalue weighted by molar-refractivity contribution is 9.10. The zero-order valence-corrected chi connectivity index (χ0v) is 13.9. The Kier molecular flexibility index (Phi) is 4.53. The summed E-state index contributed by atoms with van der Waals surface area (Å²) in [4.78, 5) is 12.1. The van der Waals surface area contributed by atoms with Crippen LogP contribution in [0.3, 0.4) is 0 Å². The quantitative estimate of drug-likeness (QED) is 0.881. The first-order valence-electron chi connectivity index (χ1n) is 6.54. The van der Waals surface area contributed by atoms with Crippen molar-refractivity contribution in [3.05, 3.63) is 21.0 Å². The monoisotopic (exact) mass is 363 g/mol. The number of hydrogen-bond donors (Lipinski definition) is 1. The number of rotatable bonds is 3. The molecule has 0 saturated carbocycles. The zero-order chi connectivity index (χ0) is 14.9. The molecule has 1 aliphatic rings. The van der Waals surface area contributed by atoms with E-state index < -0.39 is 9.84 Å². The number of aromatic nitrogens is 2. The molecule has 1 fully saturated rings. The maximum atomic E-state index is 12.1. The van der Waals surface area contributed by atoms with Crippen LogP contribution in [-0.2, 0) is 9.84 Å². The fourth-order valence-electron chi connectivity index (χ4n) is 2.17. The molecule has 1 aliphatic heterocycles. The van der Waals surface area contributed by atoms with Crippen molar-refractivity contribution in [1.29, 1.82) is 0 Å². The van der Waals surface area contributed by atoms with E-state index in [0.29, 0.717) is 23.0 Å². The Morgan fingerprint density at radius 2 is 2.00 bits per heavy atom. The highest BCUT2D eigenvalue weighted by Gasteiger charge is 2.24. The Bertz CT molecular complexity index is 640. The van der Waals surface area contributed by atoms with Gasteiger partial charge < -0.3 is 5.32 Å². The van der Waals surface area contributed by atoms with Crippen molar-refractivity contribution in [2.75, 3.05) is 16.8 Å². The van der Waals surface area contributed by atoms with E-state index in [0.717, 1.165) is 0 Å². The smallest absolute Gasteiger partial charge is 0.283 e. The highest BCUT2D eigenvalue weighted by atomic mass is 79.9. The van der Waals surface area contributed by atoms with Crippen LogP contribution in [0.1, 0.15) is 32.7 Å². The standard InChI is InChI=1S/C12H18BrN3O3S/c1-8(2)16-12(17)11(13)10(7-14-16)15-9-3-5-20(18,19)6-4-9/h7-9,15H,3-6H2,1-2H3. The van der Waals surface area contributed by atoms with Crippen molar-refractivity contribution in [2.24, 2.45) is 0 Å². The van der Waals surface area contributed by atoms with Crippen molar-refractivity contribution in [2.45, 2.75) is 38.8 Å². The molecule has 1 aromatic heterocycles. The van der Waals surface area contributed by atoms with E-state index in [2.05, 4.69) is 26.3 Å². The molecule has 0 amide bonds. The van der Waals surface area contributed by atoms with Crippen LogP contribution < -0.4 is 10.9 Å². The lowest BCUT2D eigenvalue weighted by Crippen LogP contribution is -2.33. The van der Waals surface area contributed by atoms with Crippen molar-refractivity contribution in [1.82, 2.24) is 9.78 Å². The van der Waals surface area contributed by atoms with Gasteiger partial charge in [0.1, 0.15) is 14.3 Å². The van der Waals surface area contributed by atoms with Gasteiger partial charge in [-0.1, -0.05) is 0 Å². The van der Waals surface area contributed by atoms with Gasteiger partial charge in [-0.25, -0.2) is 13.1 Å². The minimum absolute atomic E-state index is 0.00678. The summed E-state index contributed by atoms with van der Waals surface area (Å²) in [6.45, 7) is 3.78. The molecule has 1 aromatic rings. The van der Waals surface area contributed by atoms with Crippen LogP contribution in [0.5, 0.6) is 0 Å². The molecule has 0 spiro atoms. The van der Waals surface area contributed by atoms with Gasteiger partial charge in [0.05, 0.1) is 29.4 Å². The van der Waals surface area contributed by atoms with Gasteiger partial charge in [-0.15, -0.1) is 0 Å². The molecule has 1 N–H and O–H groups in total. The lowest BCUT2D eigenvalue weighted by molar-refractivity contribution is 0.500. The summed E-state index contributed by atoms with van der Waals surface area (Å²) in [6, 6.07) is 0.0543. The SMILES string of the molecule is CC(C)n1ncc(NC2CCS(=O)(=O)CC2)c(Br)c1=O. The Balaban J connectivity index is 2.15. The second-order valence-electron chi connectivity index (χ2n) is 5.29. The van der Waals surface area contributed by atoms with Gasteiger partial charge in [0, 0.05) is 6.04 Å². The van der Waals surface area contributed by atoms with Crippen molar-refractivity contribution in [3.63, 3.8) is 0 Å². The Hall–Kier alpha value is -0.890. The van der Waals surface area contributed by atoms with E-state index in [-0.39, 0.29) is 29.1 Å². The Morgan fingerprint density at radius 1 is 1.40 bits per heavy atom. The summed E-state index contributed by atoms with van der Waals surface area (Å²) in [5.41, 5.74) is 0.435. The summed E-state index contributed by atoms with van der Waals surface area (Å²) in [5, 5.41) is 7.33. The predicted octanol–water partition coefficient (Wildman–Crippen LogP) is 1.58. The number of anilines is 1. The predicted molar refractivity (Wildman–Crippen MR) is 81.9 cm³/mol. The number of nitrogens with zero attached hydrogens (tertiary/aromatic N) is 2. The van der Waals surface area contributed by atoms with E-state index in [1.807, 2.05) is 13.8 Å². The summed E-state index contributed by atoms with van der Waals surface area (Å²) < 4.78 is 24.6. The van der Waals surface area contributed by atoms with E-state index in [4.69, 9.17) is 0 Å². The number of sulfone groups is 1. The van der Waals surface area contributed by atoms with E-state index >= 15 is 0 Å². The van der Waals surface area contributed by atoms with Crippen LogP contribution in [0.4, 0.5) is 5.69 Å². The van der Waals surface area contributed by atoms with Gasteiger partial charge in [-0.3, -0.25) is 4.79 Å². The molecule has 112 valence electrons. The summed E-state index contributed by atoms with van der Waals surface area (Å²) in [7, 11) is -2.88. The first-order chi connectivity index (χ1) is 9.30. The van der Waals surface area contributed by atoms with Gasteiger partial charge >= 0.3 is 0 Å². The molecule has 0 unspecified atom stereocenters. The number of hydrogen-bond acceptors (Lipinski definition) is 5. The van der Waals surface area contributed by atoms with Crippen LogP contribution in [0, 0.1) is 0 Å². The van der Waals surface area contributed by atoms with Gasteiger partial charge in [0.2, 0.25) is 0 Å². The van der Waals surface area contributed by atoms with Gasteiger partial charge in [-0.05, 0) is 42.6 Å². The average molecular weight is 364 g/mol. The first-order valence-corrected chi connectivity index (χ1v) is 9.16. The second kappa shape index (κ2) is 5.85. The fourth-order valence-corrected chi connectivity index (χ4v) is 4.06. The third-order valence-corrected chi connectivity index (χ3v) is 5.83. The van der Waals surface area contributed by atoms with Gasteiger partial charge in [-0.2, -0.15) is 5.10 Å². The van der Waals surface area contributed by atoms with Crippen LogP contribution in [0.2, 0.25) is 0 Å². The molecule has 0 radical (unpaired) electrons. The fraction of sp³-hybridized carbons (Fsp3) is 0.667. The van der Waals surface area contributed by atoms with Gasteiger partial charge in [0.15, 0.2) is 0 Å². The van der Waals surface area contributed by atoms with Gasteiger partial charge in [0.25, 0.3) is 5.56 Å². The molecule has 2 rings (SSSR count). The van der Waals surface area contributed by atoms with Crippen LogP contribution >= 0.6 is 15.9 Å². The minimum atomic E-state index is -2.88. The molecule has 0 aromatic carbocycles. The van der Waals surface area contributed by atoms with Crippen molar-refractivity contribution < 1.29 is 8.42 Å².